The summed E-state index contributed by atoms with van der Waals surface area (Å²) in [6, 6.07) is 26.6. The number of nitrogens with one attached hydrogen (secondary N) is 2. The molecule has 0 spiro atoms. The number of carbonyl (C=O) groups excluding carboxylic acids is 2. The first kappa shape index (κ1) is 44.2. The van der Waals surface area contributed by atoms with Gasteiger partial charge in [-0.3, -0.25) is 18.7 Å². The number of aliphatic hydroxyl groups is 1. The fourth-order valence-electron chi connectivity index (χ4n) is 7.37. The lowest BCUT2D eigenvalue weighted by Gasteiger charge is -2.25. The fourth-order valence-corrected chi connectivity index (χ4v) is 8.52. The van der Waals surface area contributed by atoms with Crippen molar-refractivity contribution in [2.75, 3.05) is 37.6 Å². The fraction of sp³-hybridized carbons (Fsp3) is 0.295. The molecule has 1 unspecified atom stereocenters. The second-order valence-corrected chi connectivity index (χ2v) is 16.1. The summed E-state index contributed by atoms with van der Waals surface area (Å²) in [4.78, 5) is 52.3. The van der Waals surface area contributed by atoms with Gasteiger partial charge in [-0.2, -0.15) is 5.26 Å². The van der Waals surface area contributed by atoms with Crippen LogP contribution in [0.25, 0.3) is 22.3 Å². The van der Waals surface area contributed by atoms with Gasteiger partial charge < -0.3 is 48.3 Å². The Morgan fingerprint density at radius 2 is 1.30 bits per heavy atom. The zero-order chi connectivity index (χ0) is 45.4. The summed E-state index contributed by atoms with van der Waals surface area (Å²) in [6.45, 7) is -0.0745. The smallest absolute Gasteiger partial charge is 0.333 e. The molecule has 4 aromatic heterocycles. The SMILES string of the molecule is COc1ccc(OC[C@H]2O[C@@H](n3cnc4c(NC(=O)c5ccccc5)ncnc43)C[C@H]2OP(OCCC#N)OC[C@H]2O[C@@H](n3cnc4c(NC(=O)c5ccccc5)ncnc43)C[C@H]2O)cc1. The number of benzene rings is 3. The Kier molecular flexibility index (Phi) is 13.7. The summed E-state index contributed by atoms with van der Waals surface area (Å²) in [5.74, 6) is 0.974. The van der Waals surface area contributed by atoms with Gasteiger partial charge in [0.25, 0.3) is 11.8 Å². The number of fused-ring (bicyclic) bond motifs is 2. The third kappa shape index (κ3) is 9.95. The third-order valence-electron chi connectivity index (χ3n) is 10.7. The number of anilines is 2. The molecule has 0 bridgehead atoms. The number of amides is 2. The van der Waals surface area contributed by atoms with Crippen molar-refractivity contribution in [2.24, 2.45) is 0 Å². The van der Waals surface area contributed by atoms with Crippen molar-refractivity contribution in [3.63, 3.8) is 0 Å². The van der Waals surface area contributed by atoms with Gasteiger partial charge in [-0.1, -0.05) is 36.4 Å². The van der Waals surface area contributed by atoms with Crippen molar-refractivity contribution in [2.45, 2.75) is 56.1 Å². The van der Waals surface area contributed by atoms with Crippen LogP contribution in [0.5, 0.6) is 11.5 Å². The molecular weight excluding hydrogens is 874 g/mol. The van der Waals surface area contributed by atoms with Gasteiger partial charge in [-0.25, -0.2) is 29.9 Å². The average molecular weight is 916 g/mol. The first-order chi connectivity index (χ1) is 32.3. The molecule has 2 fully saturated rings. The van der Waals surface area contributed by atoms with Crippen molar-refractivity contribution in [3.05, 3.63) is 121 Å². The molecule has 3 N–H and O–H groups in total. The van der Waals surface area contributed by atoms with E-state index in [-0.39, 0.29) is 62.5 Å². The molecule has 66 heavy (non-hydrogen) atoms. The molecule has 0 saturated carbocycles. The van der Waals surface area contributed by atoms with Crippen LogP contribution in [0.3, 0.4) is 0 Å². The Balaban J connectivity index is 0.900. The Morgan fingerprint density at radius 3 is 1.88 bits per heavy atom. The summed E-state index contributed by atoms with van der Waals surface area (Å²) >= 11 is 0. The number of nitriles is 1. The maximum atomic E-state index is 13.0. The minimum absolute atomic E-state index is 0.00730. The summed E-state index contributed by atoms with van der Waals surface area (Å²) in [5, 5.41) is 26.2. The predicted molar refractivity (Wildman–Crippen MR) is 235 cm³/mol. The van der Waals surface area contributed by atoms with E-state index in [2.05, 4.69) is 46.6 Å². The largest absolute Gasteiger partial charge is 0.497 e. The van der Waals surface area contributed by atoms with Crippen LogP contribution < -0.4 is 20.1 Å². The van der Waals surface area contributed by atoms with Crippen LogP contribution in [0, 0.1) is 11.3 Å². The molecule has 2 amide bonds. The van der Waals surface area contributed by atoms with Crippen LogP contribution in [-0.2, 0) is 23.0 Å². The van der Waals surface area contributed by atoms with E-state index in [4.69, 9.17) is 32.5 Å². The average Bonchev–Trinajstić information content (AvgIpc) is 4.16. The summed E-state index contributed by atoms with van der Waals surface area (Å²) in [5.41, 5.74) is 2.40. The number of hydrogen-bond donors (Lipinski definition) is 3. The number of rotatable bonds is 18. The van der Waals surface area contributed by atoms with E-state index in [0.717, 1.165) is 0 Å². The second kappa shape index (κ2) is 20.4. The van der Waals surface area contributed by atoms with E-state index in [9.17, 15) is 20.0 Å². The summed E-state index contributed by atoms with van der Waals surface area (Å²) in [7, 11) is -0.579. The van der Waals surface area contributed by atoms with Gasteiger partial charge >= 0.3 is 8.60 Å². The van der Waals surface area contributed by atoms with Crippen LogP contribution >= 0.6 is 8.60 Å². The van der Waals surface area contributed by atoms with E-state index in [1.165, 1.54) is 19.0 Å². The molecule has 2 aliphatic rings. The molecule has 22 heteroatoms. The van der Waals surface area contributed by atoms with Crippen molar-refractivity contribution in [3.8, 4) is 17.6 Å². The normalized spacial score (nSPS) is 20.8. The highest BCUT2D eigenvalue weighted by Gasteiger charge is 2.42. The molecule has 6 heterocycles. The quantitative estimate of drug-likeness (QED) is 0.0684. The molecule has 2 saturated heterocycles. The molecular formula is C44H42N11O10P. The van der Waals surface area contributed by atoms with E-state index in [1.807, 2.05) is 12.1 Å². The van der Waals surface area contributed by atoms with Gasteiger partial charge in [0.2, 0.25) is 0 Å². The lowest BCUT2D eigenvalue weighted by atomic mass is 10.2. The first-order valence-electron chi connectivity index (χ1n) is 20.8. The van der Waals surface area contributed by atoms with E-state index >= 15 is 0 Å². The number of carbonyl (C=O) groups is 2. The Labute approximate surface area is 377 Å². The Bertz CT molecular complexity index is 2810. The number of aliphatic hydroxyl groups excluding tert-OH is 1. The Morgan fingerprint density at radius 1 is 0.742 bits per heavy atom. The Hall–Kier alpha value is -7.02. The van der Waals surface area contributed by atoms with Crippen molar-refractivity contribution < 1.29 is 47.2 Å². The summed E-state index contributed by atoms with van der Waals surface area (Å²) in [6.07, 6.45) is 1.70. The van der Waals surface area contributed by atoms with Gasteiger partial charge in [0.15, 0.2) is 34.0 Å². The van der Waals surface area contributed by atoms with E-state index in [1.54, 1.807) is 95.4 Å². The number of ether oxygens (including phenoxy) is 4. The molecule has 7 atom stereocenters. The van der Waals surface area contributed by atoms with Gasteiger partial charge in [0, 0.05) is 24.0 Å². The highest BCUT2D eigenvalue weighted by molar-refractivity contribution is 7.41. The van der Waals surface area contributed by atoms with E-state index < -0.39 is 45.5 Å². The van der Waals surface area contributed by atoms with Gasteiger partial charge in [0.1, 0.15) is 61.5 Å². The van der Waals surface area contributed by atoms with Gasteiger partial charge in [-0.15, -0.1) is 0 Å². The van der Waals surface area contributed by atoms with Crippen LogP contribution in [0.2, 0.25) is 0 Å². The highest BCUT2D eigenvalue weighted by atomic mass is 31.2. The molecule has 0 aliphatic carbocycles. The topological polar surface area (TPSA) is 254 Å². The molecule has 338 valence electrons. The van der Waals surface area contributed by atoms with Gasteiger partial charge in [-0.05, 0) is 48.5 Å². The lowest BCUT2D eigenvalue weighted by molar-refractivity contribution is -0.0499. The monoisotopic (exact) mass is 915 g/mol. The molecule has 21 nitrogen and oxygen atoms in total. The van der Waals surface area contributed by atoms with Crippen molar-refractivity contribution in [1.29, 1.82) is 5.26 Å². The van der Waals surface area contributed by atoms with Crippen LogP contribution in [-0.4, -0.2) is 107 Å². The molecule has 3 aromatic carbocycles. The van der Waals surface area contributed by atoms with Crippen molar-refractivity contribution in [1.82, 2.24) is 39.0 Å². The summed E-state index contributed by atoms with van der Waals surface area (Å²) < 4.78 is 46.5. The highest BCUT2D eigenvalue weighted by Crippen LogP contribution is 2.47. The number of aromatic nitrogens is 8. The zero-order valence-electron chi connectivity index (χ0n) is 35.2. The number of imidazole rings is 2. The van der Waals surface area contributed by atoms with Crippen molar-refractivity contribution >= 4 is 54.4 Å². The number of hydrogen-bond acceptors (Lipinski definition) is 17. The molecule has 0 radical (unpaired) electrons. The maximum Gasteiger partial charge on any atom is 0.333 e. The first-order valence-corrected chi connectivity index (χ1v) is 21.9. The standard InChI is InChI=1S/C44H42N11O10P/c1-59-29-13-15-30(16-14-29)60-21-34-32(20-36(64-34)55-26-51-38-40(47-24-49-42(38)55)53-44(58)28-11-6-3-7-12-28)65-66(61-18-8-17-45)62-22-33-31(56)19-35(63-33)54-25-50-37-39(46-23-48-41(37)54)52-43(57)27-9-4-2-5-10-27/h2-7,9-16,23-26,31-36,56H,8,18-22H2,1H3,(H,46,48,52,57)(H,47,49,53,58)/t31-,32-,33-,34-,35-,36-,66?/m1/s1. The van der Waals surface area contributed by atoms with Crippen LogP contribution in [0.1, 0.15) is 52.4 Å². The minimum atomic E-state index is -2.16. The van der Waals surface area contributed by atoms with Gasteiger partial charge in [0.05, 0.1) is 51.6 Å². The zero-order valence-corrected chi connectivity index (χ0v) is 36.1. The third-order valence-corrected chi connectivity index (χ3v) is 11.9. The lowest BCUT2D eigenvalue weighted by Crippen LogP contribution is -2.30. The maximum absolute atomic E-state index is 13.0. The minimum Gasteiger partial charge on any atom is -0.497 e. The van der Waals surface area contributed by atoms with Crippen LogP contribution in [0.15, 0.2) is 110 Å². The number of methoxy groups -OCH3 is 1. The molecule has 7 aromatic rings. The van der Waals surface area contributed by atoms with E-state index in [0.29, 0.717) is 45.0 Å². The predicted octanol–water partition coefficient (Wildman–Crippen LogP) is 5.75. The molecule has 2 aliphatic heterocycles. The second-order valence-electron chi connectivity index (χ2n) is 14.9. The molecule has 9 rings (SSSR count). The van der Waals surface area contributed by atoms with Crippen LogP contribution in [0.4, 0.5) is 11.6 Å². The number of nitrogens with zero attached hydrogens (tertiary/aromatic N) is 9.